The van der Waals surface area contributed by atoms with Gasteiger partial charge in [0.15, 0.2) is 0 Å². The summed E-state index contributed by atoms with van der Waals surface area (Å²) in [6.07, 6.45) is 3.30. The number of aromatic carboxylic acids is 1. The molecule has 1 saturated heterocycles. The number of aryl methyl sites for hydroxylation is 1. The van der Waals surface area contributed by atoms with Crippen molar-refractivity contribution in [2.45, 2.75) is 39.2 Å². The number of rotatable bonds is 4. The van der Waals surface area contributed by atoms with Gasteiger partial charge in [0.05, 0.1) is 11.3 Å². The van der Waals surface area contributed by atoms with Crippen molar-refractivity contribution in [2.24, 2.45) is 0 Å². The first-order chi connectivity index (χ1) is 9.99. The molecule has 0 spiro atoms. The second-order valence-electron chi connectivity index (χ2n) is 5.39. The maximum Gasteiger partial charge on any atom is 0.337 e. The molecule has 1 fully saturated rings. The van der Waals surface area contributed by atoms with E-state index in [1.165, 1.54) is 12.5 Å². The van der Waals surface area contributed by atoms with E-state index in [0.717, 1.165) is 25.9 Å². The van der Waals surface area contributed by atoms with Crippen molar-refractivity contribution in [1.82, 2.24) is 9.88 Å². The standard InChI is InChI=1S/C15H21N3O3/c1-10-12(15(20)21)6-7-13(16-10)17-11(2)14(19)18-8-4-3-5-9-18/h6-7,11H,3-5,8-9H2,1-2H3,(H,16,17)(H,20,21). The van der Waals surface area contributed by atoms with Gasteiger partial charge in [0, 0.05) is 13.1 Å². The van der Waals surface area contributed by atoms with Crippen LogP contribution in [-0.2, 0) is 4.79 Å². The fourth-order valence-corrected chi connectivity index (χ4v) is 2.54. The van der Waals surface area contributed by atoms with Crippen LogP contribution in [-0.4, -0.2) is 46.0 Å². The number of amides is 1. The molecule has 1 aliphatic heterocycles. The average Bonchev–Trinajstić information content (AvgIpc) is 2.47. The Morgan fingerprint density at radius 1 is 1.29 bits per heavy atom. The molecule has 2 rings (SSSR count). The summed E-state index contributed by atoms with van der Waals surface area (Å²) < 4.78 is 0. The van der Waals surface area contributed by atoms with E-state index in [4.69, 9.17) is 5.11 Å². The molecule has 0 radical (unpaired) electrons. The van der Waals surface area contributed by atoms with Crippen molar-refractivity contribution in [2.75, 3.05) is 18.4 Å². The molecule has 1 aromatic rings. The van der Waals surface area contributed by atoms with Crippen molar-refractivity contribution in [3.05, 3.63) is 23.4 Å². The number of nitrogens with one attached hydrogen (secondary N) is 1. The zero-order valence-electron chi connectivity index (χ0n) is 12.4. The number of likely N-dealkylation sites (tertiary alicyclic amines) is 1. The number of nitrogens with zero attached hydrogens (tertiary/aromatic N) is 2. The maximum absolute atomic E-state index is 12.3. The highest BCUT2D eigenvalue weighted by Crippen LogP contribution is 2.14. The first-order valence-electron chi connectivity index (χ1n) is 7.25. The lowest BCUT2D eigenvalue weighted by atomic mass is 10.1. The normalized spacial score (nSPS) is 16.4. The molecular formula is C15H21N3O3. The third-order valence-electron chi connectivity index (χ3n) is 3.72. The Balaban J connectivity index is 2.01. The van der Waals surface area contributed by atoms with Gasteiger partial charge in [-0.3, -0.25) is 4.79 Å². The molecule has 1 atom stereocenters. The van der Waals surface area contributed by atoms with Crippen molar-refractivity contribution in [1.29, 1.82) is 0 Å². The highest BCUT2D eigenvalue weighted by molar-refractivity contribution is 5.89. The first kappa shape index (κ1) is 15.3. The van der Waals surface area contributed by atoms with Crippen LogP contribution in [0.1, 0.15) is 42.2 Å². The molecule has 21 heavy (non-hydrogen) atoms. The molecule has 1 amide bonds. The van der Waals surface area contributed by atoms with Crippen molar-refractivity contribution >= 4 is 17.7 Å². The Morgan fingerprint density at radius 2 is 1.95 bits per heavy atom. The number of carboxylic acids is 1. The molecule has 1 unspecified atom stereocenters. The number of carboxylic acid groups (broad SMARTS) is 1. The topological polar surface area (TPSA) is 82.5 Å². The van der Waals surface area contributed by atoms with Crippen molar-refractivity contribution in [3.63, 3.8) is 0 Å². The lowest BCUT2D eigenvalue weighted by Gasteiger charge is -2.29. The van der Waals surface area contributed by atoms with Gasteiger partial charge in [0.2, 0.25) is 5.91 Å². The van der Waals surface area contributed by atoms with Crippen molar-refractivity contribution in [3.8, 4) is 0 Å². The minimum atomic E-state index is -0.996. The van der Waals surface area contributed by atoms with Crippen molar-refractivity contribution < 1.29 is 14.7 Å². The number of hydrogen-bond acceptors (Lipinski definition) is 4. The zero-order chi connectivity index (χ0) is 15.4. The van der Waals surface area contributed by atoms with E-state index in [2.05, 4.69) is 10.3 Å². The van der Waals surface area contributed by atoms with E-state index in [0.29, 0.717) is 11.5 Å². The first-order valence-corrected chi connectivity index (χ1v) is 7.25. The van der Waals surface area contributed by atoms with Gasteiger partial charge in [0.1, 0.15) is 11.9 Å². The van der Waals surface area contributed by atoms with Gasteiger partial charge in [-0.15, -0.1) is 0 Å². The second-order valence-corrected chi connectivity index (χ2v) is 5.39. The number of anilines is 1. The highest BCUT2D eigenvalue weighted by atomic mass is 16.4. The maximum atomic E-state index is 12.3. The summed E-state index contributed by atoms with van der Waals surface area (Å²) >= 11 is 0. The number of piperidine rings is 1. The Labute approximate surface area is 124 Å². The zero-order valence-corrected chi connectivity index (χ0v) is 12.4. The van der Waals surface area contributed by atoms with E-state index >= 15 is 0 Å². The molecule has 0 aliphatic carbocycles. The molecule has 0 saturated carbocycles. The summed E-state index contributed by atoms with van der Waals surface area (Å²) in [6, 6.07) is 2.73. The molecule has 1 aliphatic rings. The van der Waals surface area contributed by atoms with E-state index in [-0.39, 0.29) is 17.5 Å². The van der Waals surface area contributed by atoms with E-state index in [1.807, 2.05) is 4.90 Å². The van der Waals surface area contributed by atoms with E-state index in [1.54, 1.807) is 19.9 Å². The molecule has 0 aromatic carbocycles. The fourth-order valence-electron chi connectivity index (χ4n) is 2.54. The molecule has 1 aromatic heterocycles. The number of carbonyl (C=O) groups excluding carboxylic acids is 1. The predicted octanol–water partition coefficient (Wildman–Crippen LogP) is 1.90. The van der Waals surface area contributed by atoms with Crippen LogP contribution < -0.4 is 5.32 Å². The summed E-state index contributed by atoms with van der Waals surface area (Å²) in [4.78, 5) is 29.3. The number of hydrogen-bond donors (Lipinski definition) is 2. The molecule has 6 heteroatoms. The minimum absolute atomic E-state index is 0.0662. The second kappa shape index (κ2) is 6.56. The quantitative estimate of drug-likeness (QED) is 0.885. The summed E-state index contributed by atoms with van der Waals surface area (Å²) in [7, 11) is 0. The fraction of sp³-hybridized carbons (Fsp3) is 0.533. The summed E-state index contributed by atoms with van der Waals surface area (Å²) in [5.74, 6) is -0.407. The monoisotopic (exact) mass is 291 g/mol. The van der Waals surface area contributed by atoms with Gasteiger partial charge in [-0.05, 0) is 45.2 Å². The number of aromatic nitrogens is 1. The average molecular weight is 291 g/mol. The smallest absolute Gasteiger partial charge is 0.337 e. The lowest BCUT2D eigenvalue weighted by molar-refractivity contribution is -0.132. The van der Waals surface area contributed by atoms with Crippen LogP contribution in [0.2, 0.25) is 0 Å². The van der Waals surface area contributed by atoms with Crippen LogP contribution in [0.25, 0.3) is 0 Å². The molecule has 114 valence electrons. The number of carbonyl (C=O) groups is 2. The van der Waals surface area contributed by atoms with Crippen LogP contribution in [0, 0.1) is 6.92 Å². The lowest BCUT2D eigenvalue weighted by Crippen LogP contribution is -2.44. The summed E-state index contributed by atoms with van der Waals surface area (Å²) in [5, 5.41) is 12.0. The van der Waals surface area contributed by atoms with E-state index in [9.17, 15) is 9.59 Å². The highest BCUT2D eigenvalue weighted by Gasteiger charge is 2.22. The van der Waals surface area contributed by atoms with Gasteiger partial charge in [-0.25, -0.2) is 9.78 Å². The SMILES string of the molecule is Cc1nc(NC(C)C(=O)N2CCCCC2)ccc1C(=O)O. The Hall–Kier alpha value is -2.11. The van der Waals surface area contributed by atoms with Crippen LogP contribution in [0.15, 0.2) is 12.1 Å². The molecule has 2 N–H and O–H groups in total. The van der Waals surface area contributed by atoms with Gasteiger partial charge in [0.25, 0.3) is 0 Å². The third-order valence-corrected chi connectivity index (χ3v) is 3.72. The summed E-state index contributed by atoms with van der Waals surface area (Å²) in [6.45, 7) is 5.08. The Morgan fingerprint density at radius 3 is 2.52 bits per heavy atom. The molecule has 6 nitrogen and oxygen atoms in total. The minimum Gasteiger partial charge on any atom is -0.478 e. The van der Waals surface area contributed by atoms with Crippen LogP contribution in [0.5, 0.6) is 0 Å². The predicted molar refractivity (Wildman–Crippen MR) is 79.4 cm³/mol. The van der Waals surface area contributed by atoms with Crippen LogP contribution >= 0.6 is 0 Å². The third kappa shape index (κ3) is 3.71. The Kier molecular flexibility index (Phi) is 4.77. The van der Waals surface area contributed by atoms with Gasteiger partial charge in [-0.2, -0.15) is 0 Å². The van der Waals surface area contributed by atoms with Crippen LogP contribution in [0.4, 0.5) is 5.82 Å². The van der Waals surface area contributed by atoms with Gasteiger partial charge in [-0.1, -0.05) is 0 Å². The Bertz CT molecular complexity index is 539. The molecule has 2 heterocycles. The number of pyridine rings is 1. The van der Waals surface area contributed by atoms with Crippen LogP contribution in [0.3, 0.4) is 0 Å². The largest absolute Gasteiger partial charge is 0.478 e. The van der Waals surface area contributed by atoms with E-state index < -0.39 is 5.97 Å². The molecule has 0 bridgehead atoms. The van der Waals surface area contributed by atoms with Gasteiger partial charge < -0.3 is 15.3 Å². The summed E-state index contributed by atoms with van der Waals surface area (Å²) in [5.41, 5.74) is 0.612. The van der Waals surface area contributed by atoms with Gasteiger partial charge >= 0.3 is 5.97 Å². The molecular weight excluding hydrogens is 270 g/mol.